The van der Waals surface area contributed by atoms with Crippen LogP contribution >= 0.6 is 12.2 Å². The highest BCUT2D eigenvalue weighted by molar-refractivity contribution is 7.80. The summed E-state index contributed by atoms with van der Waals surface area (Å²) in [6.07, 6.45) is 3.74. The van der Waals surface area contributed by atoms with E-state index >= 15 is 0 Å². The summed E-state index contributed by atoms with van der Waals surface area (Å²) in [4.78, 5) is 2.27. The number of nitrogens with one attached hydrogen (secondary N) is 1. The summed E-state index contributed by atoms with van der Waals surface area (Å²) in [5.74, 6) is 0.824. The van der Waals surface area contributed by atoms with Crippen LogP contribution in [0, 0.1) is 0 Å². The van der Waals surface area contributed by atoms with Crippen molar-refractivity contribution in [2.24, 2.45) is 0 Å². The second-order valence-corrected chi connectivity index (χ2v) is 5.06. The van der Waals surface area contributed by atoms with E-state index in [-0.39, 0.29) is 0 Å². The van der Waals surface area contributed by atoms with Crippen molar-refractivity contribution in [3.8, 4) is 5.75 Å². The normalized spacial score (nSPS) is 19.4. The van der Waals surface area contributed by atoms with Crippen LogP contribution in [0.25, 0.3) is 0 Å². The number of ether oxygens (including phenoxy) is 1. The number of anilines is 1. The molecule has 4 heteroatoms. The third-order valence-corrected chi connectivity index (χ3v) is 3.75. The number of hydrogen-bond donors (Lipinski definition) is 1. The van der Waals surface area contributed by atoms with Crippen molar-refractivity contribution >= 4 is 23.0 Å². The number of hydrogen-bond acceptors (Lipinski definition) is 2. The molecule has 1 aliphatic heterocycles. The number of para-hydroxylation sites is 2. The number of benzene rings is 1. The van der Waals surface area contributed by atoms with E-state index in [0.29, 0.717) is 6.04 Å². The summed E-state index contributed by atoms with van der Waals surface area (Å²) >= 11 is 5.50. The number of methoxy groups -OCH3 is 1. The van der Waals surface area contributed by atoms with Crippen molar-refractivity contribution in [3.05, 3.63) is 24.3 Å². The topological polar surface area (TPSA) is 24.5 Å². The standard InChI is InChI=1S/C14H20N2OS/c1-11-7-5-6-10-16(11)14(18)15-12-8-3-4-9-13(12)17-2/h3-4,8-9,11H,5-7,10H2,1-2H3,(H,15,18). The summed E-state index contributed by atoms with van der Waals surface area (Å²) in [6, 6.07) is 8.38. The monoisotopic (exact) mass is 264 g/mol. The van der Waals surface area contributed by atoms with Gasteiger partial charge in [0.2, 0.25) is 0 Å². The predicted molar refractivity (Wildman–Crippen MR) is 79.2 cm³/mol. The molecule has 0 amide bonds. The zero-order chi connectivity index (χ0) is 13.0. The fourth-order valence-corrected chi connectivity index (χ4v) is 2.72. The minimum absolute atomic E-state index is 0.522. The van der Waals surface area contributed by atoms with Crippen molar-refractivity contribution in [2.75, 3.05) is 19.0 Å². The van der Waals surface area contributed by atoms with Crippen LogP contribution in [0.2, 0.25) is 0 Å². The number of thiocarbonyl (C=S) groups is 1. The maximum Gasteiger partial charge on any atom is 0.173 e. The van der Waals surface area contributed by atoms with Crippen LogP contribution in [-0.2, 0) is 0 Å². The molecule has 0 saturated carbocycles. The third kappa shape index (κ3) is 2.93. The van der Waals surface area contributed by atoms with E-state index in [1.165, 1.54) is 19.3 Å². The first kappa shape index (κ1) is 13.1. The molecule has 3 nitrogen and oxygen atoms in total. The minimum atomic E-state index is 0.522. The molecular formula is C14H20N2OS. The summed E-state index contributed by atoms with van der Waals surface area (Å²) < 4.78 is 5.32. The predicted octanol–water partition coefficient (Wildman–Crippen LogP) is 3.27. The van der Waals surface area contributed by atoms with Crippen molar-refractivity contribution < 1.29 is 4.74 Å². The van der Waals surface area contributed by atoms with Gasteiger partial charge >= 0.3 is 0 Å². The van der Waals surface area contributed by atoms with E-state index in [0.717, 1.165) is 23.1 Å². The molecule has 1 aromatic rings. The smallest absolute Gasteiger partial charge is 0.173 e. The van der Waals surface area contributed by atoms with E-state index in [4.69, 9.17) is 17.0 Å². The van der Waals surface area contributed by atoms with Gasteiger partial charge in [-0.15, -0.1) is 0 Å². The average Bonchev–Trinajstić information content (AvgIpc) is 2.39. The average molecular weight is 264 g/mol. The van der Waals surface area contributed by atoms with Gasteiger partial charge in [0, 0.05) is 12.6 Å². The molecule has 1 unspecified atom stereocenters. The first-order valence-electron chi connectivity index (χ1n) is 6.43. The number of rotatable bonds is 2. The fraction of sp³-hybridized carbons (Fsp3) is 0.500. The maximum absolute atomic E-state index is 5.50. The van der Waals surface area contributed by atoms with Crippen LogP contribution in [-0.4, -0.2) is 29.7 Å². The lowest BCUT2D eigenvalue weighted by Gasteiger charge is -2.35. The van der Waals surface area contributed by atoms with Gasteiger partial charge in [0.1, 0.15) is 5.75 Å². The lowest BCUT2D eigenvalue weighted by atomic mass is 10.0. The lowest BCUT2D eigenvalue weighted by molar-refractivity contribution is 0.262. The maximum atomic E-state index is 5.50. The number of likely N-dealkylation sites (tertiary alicyclic amines) is 1. The van der Waals surface area contributed by atoms with Gasteiger partial charge in [-0.3, -0.25) is 0 Å². The SMILES string of the molecule is COc1ccccc1NC(=S)N1CCCCC1C. The Hall–Kier alpha value is -1.29. The van der Waals surface area contributed by atoms with E-state index in [1.54, 1.807) is 7.11 Å². The highest BCUT2D eigenvalue weighted by atomic mass is 32.1. The Morgan fingerprint density at radius 2 is 2.17 bits per heavy atom. The van der Waals surface area contributed by atoms with Gasteiger partial charge in [-0.2, -0.15) is 0 Å². The van der Waals surface area contributed by atoms with Gasteiger partial charge < -0.3 is 15.0 Å². The fourth-order valence-electron chi connectivity index (χ4n) is 2.33. The minimum Gasteiger partial charge on any atom is -0.495 e. The molecule has 0 spiro atoms. The molecule has 2 rings (SSSR count). The summed E-state index contributed by atoms with van der Waals surface area (Å²) in [5.41, 5.74) is 0.933. The van der Waals surface area contributed by atoms with E-state index in [2.05, 4.69) is 17.1 Å². The number of nitrogens with zero attached hydrogens (tertiary/aromatic N) is 1. The summed E-state index contributed by atoms with van der Waals surface area (Å²) in [7, 11) is 1.67. The van der Waals surface area contributed by atoms with Crippen LogP contribution in [0.15, 0.2) is 24.3 Å². The van der Waals surface area contributed by atoms with Gasteiger partial charge in [-0.25, -0.2) is 0 Å². The largest absolute Gasteiger partial charge is 0.495 e. The quantitative estimate of drug-likeness (QED) is 0.829. The van der Waals surface area contributed by atoms with Crippen molar-refractivity contribution in [1.82, 2.24) is 4.90 Å². The van der Waals surface area contributed by atoms with Crippen molar-refractivity contribution in [2.45, 2.75) is 32.2 Å². The Morgan fingerprint density at radius 3 is 2.89 bits per heavy atom. The lowest BCUT2D eigenvalue weighted by Crippen LogP contribution is -2.44. The van der Waals surface area contributed by atoms with Crippen molar-refractivity contribution in [1.29, 1.82) is 0 Å². The molecule has 1 fully saturated rings. The van der Waals surface area contributed by atoms with Gasteiger partial charge in [0.25, 0.3) is 0 Å². The summed E-state index contributed by atoms with van der Waals surface area (Å²) in [6.45, 7) is 3.28. The molecule has 1 atom stereocenters. The van der Waals surface area contributed by atoms with Crippen LogP contribution in [0.1, 0.15) is 26.2 Å². The Bertz CT molecular complexity index is 422. The molecule has 98 valence electrons. The zero-order valence-electron chi connectivity index (χ0n) is 11.0. The molecule has 1 aromatic carbocycles. The van der Waals surface area contributed by atoms with E-state index in [9.17, 15) is 0 Å². The molecule has 0 aliphatic carbocycles. The van der Waals surface area contributed by atoms with Gasteiger partial charge in [-0.05, 0) is 50.5 Å². The second-order valence-electron chi connectivity index (χ2n) is 4.67. The second kappa shape index (κ2) is 6.05. The Kier molecular flexibility index (Phi) is 4.42. The van der Waals surface area contributed by atoms with Gasteiger partial charge in [0.15, 0.2) is 5.11 Å². The Labute approximate surface area is 114 Å². The molecule has 0 aromatic heterocycles. The van der Waals surface area contributed by atoms with Crippen molar-refractivity contribution in [3.63, 3.8) is 0 Å². The van der Waals surface area contributed by atoms with Gasteiger partial charge in [-0.1, -0.05) is 12.1 Å². The Balaban J connectivity index is 2.06. The van der Waals surface area contributed by atoms with Crippen LogP contribution in [0.5, 0.6) is 5.75 Å². The first-order valence-corrected chi connectivity index (χ1v) is 6.84. The molecule has 0 bridgehead atoms. The highest BCUT2D eigenvalue weighted by Crippen LogP contribution is 2.25. The highest BCUT2D eigenvalue weighted by Gasteiger charge is 2.21. The van der Waals surface area contributed by atoms with Gasteiger partial charge in [0.05, 0.1) is 12.8 Å². The molecule has 1 heterocycles. The molecule has 1 N–H and O–H groups in total. The van der Waals surface area contributed by atoms with Crippen LogP contribution in [0.4, 0.5) is 5.69 Å². The number of piperidine rings is 1. The summed E-state index contributed by atoms with van der Waals surface area (Å²) in [5, 5.41) is 4.09. The third-order valence-electron chi connectivity index (χ3n) is 3.41. The zero-order valence-corrected chi connectivity index (χ0v) is 11.8. The molecule has 18 heavy (non-hydrogen) atoms. The molecule has 0 radical (unpaired) electrons. The van der Waals surface area contributed by atoms with Crippen LogP contribution in [0.3, 0.4) is 0 Å². The first-order chi connectivity index (χ1) is 8.72. The molecule has 1 aliphatic rings. The van der Waals surface area contributed by atoms with Crippen LogP contribution < -0.4 is 10.1 Å². The Morgan fingerprint density at radius 1 is 1.39 bits per heavy atom. The molecule has 1 saturated heterocycles. The molecular weight excluding hydrogens is 244 g/mol. The van der Waals surface area contributed by atoms with E-state index in [1.807, 2.05) is 24.3 Å². The van der Waals surface area contributed by atoms with E-state index < -0.39 is 0 Å².